The molecular formula is C20H33NO4. The van der Waals surface area contributed by atoms with Crippen molar-refractivity contribution in [2.75, 3.05) is 26.4 Å². The van der Waals surface area contributed by atoms with Gasteiger partial charge < -0.3 is 19.1 Å². The minimum absolute atomic E-state index is 0.0429. The Morgan fingerprint density at radius 3 is 2.60 bits per heavy atom. The number of hydrogen-bond acceptors (Lipinski definition) is 5. The van der Waals surface area contributed by atoms with Gasteiger partial charge in [0.2, 0.25) is 0 Å². The molecule has 2 aliphatic heterocycles. The zero-order valence-electron chi connectivity index (χ0n) is 16.3. The maximum atomic E-state index is 12.5. The van der Waals surface area contributed by atoms with Crippen molar-refractivity contribution < 1.29 is 19.0 Å². The third kappa shape index (κ3) is 5.58. The topological polar surface area (TPSA) is 48.0 Å². The highest BCUT2D eigenvalue weighted by atomic mass is 16.7. The molecule has 1 saturated heterocycles. The normalized spacial score (nSPS) is 23.9. The molecule has 25 heavy (non-hydrogen) atoms. The summed E-state index contributed by atoms with van der Waals surface area (Å²) in [6.07, 6.45) is 6.61. The van der Waals surface area contributed by atoms with E-state index < -0.39 is 0 Å². The van der Waals surface area contributed by atoms with Gasteiger partial charge in [-0.15, -0.1) is 0 Å². The molecule has 142 valence electrons. The number of ether oxygens (including phenoxy) is 3. The molecule has 2 rings (SSSR count). The second kappa shape index (κ2) is 8.86. The molecule has 1 unspecified atom stereocenters. The lowest BCUT2D eigenvalue weighted by atomic mass is 9.93. The molecule has 0 saturated carbocycles. The molecule has 5 nitrogen and oxygen atoms in total. The van der Waals surface area contributed by atoms with Crippen LogP contribution in [0.1, 0.15) is 53.9 Å². The fourth-order valence-corrected chi connectivity index (χ4v) is 3.19. The second-order valence-corrected chi connectivity index (χ2v) is 7.75. The van der Waals surface area contributed by atoms with Crippen LogP contribution in [0.4, 0.5) is 0 Å². The zero-order valence-corrected chi connectivity index (χ0v) is 16.3. The lowest BCUT2D eigenvalue weighted by molar-refractivity contribution is -0.227. The summed E-state index contributed by atoms with van der Waals surface area (Å²) in [5, 5.41) is 0. The Labute approximate surface area is 152 Å². The Kier molecular flexibility index (Phi) is 7.08. The fraction of sp³-hybridized carbons (Fsp3) is 0.750. The summed E-state index contributed by atoms with van der Waals surface area (Å²) in [6.45, 7) is 12.9. The molecule has 0 radical (unpaired) electrons. The molecule has 0 bridgehead atoms. The van der Waals surface area contributed by atoms with Crippen LogP contribution in [0, 0.1) is 5.41 Å². The Morgan fingerprint density at radius 2 is 2.00 bits per heavy atom. The maximum absolute atomic E-state index is 12.5. The van der Waals surface area contributed by atoms with Crippen molar-refractivity contribution in [1.82, 2.24) is 4.90 Å². The van der Waals surface area contributed by atoms with Crippen molar-refractivity contribution in [3.05, 3.63) is 23.4 Å². The van der Waals surface area contributed by atoms with Crippen LogP contribution >= 0.6 is 0 Å². The van der Waals surface area contributed by atoms with Gasteiger partial charge in [-0.05, 0) is 31.9 Å². The highest BCUT2D eigenvalue weighted by Gasteiger charge is 2.35. The lowest BCUT2D eigenvalue weighted by Crippen LogP contribution is -2.45. The van der Waals surface area contributed by atoms with Gasteiger partial charge in [-0.2, -0.15) is 0 Å². The van der Waals surface area contributed by atoms with Crippen molar-refractivity contribution in [1.29, 1.82) is 0 Å². The molecule has 5 heteroatoms. The van der Waals surface area contributed by atoms with Gasteiger partial charge in [0, 0.05) is 24.6 Å². The minimum atomic E-state index is -0.285. The number of rotatable bonds is 7. The van der Waals surface area contributed by atoms with Gasteiger partial charge in [0.25, 0.3) is 0 Å². The fourth-order valence-electron chi connectivity index (χ4n) is 3.19. The van der Waals surface area contributed by atoms with Crippen LogP contribution in [-0.2, 0) is 19.0 Å². The molecule has 2 heterocycles. The van der Waals surface area contributed by atoms with Gasteiger partial charge in [0.05, 0.1) is 31.4 Å². The highest BCUT2D eigenvalue weighted by Crippen LogP contribution is 2.30. The summed E-state index contributed by atoms with van der Waals surface area (Å²) in [6, 6.07) is -0.0690. The van der Waals surface area contributed by atoms with Gasteiger partial charge >= 0.3 is 5.97 Å². The summed E-state index contributed by atoms with van der Waals surface area (Å²) in [7, 11) is 0. The number of hydrogen-bond donors (Lipinski definition) is 0. The molecule has 1 atom stereocenters. The molecule has 0 aromatic rings. The summed E-state index contributed by atoms with van der Waals surface area (Å²) in [5.74, 6) is -0.238. The van der Waals surface area contributed by atoms with Crippen LogP contribution in [0.2, 0.25) is 0 Å². The Balaban J connectivity index is 2.14. The molecular weight excluding hydrogens is 318 g/mol. The third-order valence-electron chi connectivity index (χ3n) is 4.53. The molecule has 2 aliphatic rings. The van der Waals surface area contributed by atoms with E-state index in [1.807, 2.05) is 19.9 Å². The number of unbranched alkanes of at least 4 members (excludes halogenated alkanes) is 1. The number of allylic oxidation sites excluding steroid dienone is 2. The number of carbonyl (C=O) groups excluding carboxylic acids is 1. The average Bonchev–Trinajstić information content (AvgIpc) is 2.56. The summed E-state index contributed by atoms with van der Waals surface area (Å²) >= 11 is 0. The molecule has 0 amide bonds. The standard InChI is InChI=1S/C20H33NO4/c1-6-8-9-21-12-15(3)10-16(19(22)23-7-2)17(21)11-18-24-13-20(4,5)14-25-18/h10,12,17-18H,6-9,11,13-14H2,1-5H3. The molecule has 1 fully saturated rings. The van der Waals surface area contributed by atoms with Crippen molar-refractivity contribution in [2.45, 2.75) is 66.2 Å². The first kappa shape index (κ1) is 20.0. The minimum Gasteiger partial charge on any atom is -0.463 e. The van der Waals surface area contributed by atoms with E-state index in [1.54, 1.807) is 0 Å². The Hall–Kier alpha value is -1.33. The van der Waals surface area contributed by atoms with Gasteiger partial charge in [0.1, 0.15) is 0 Å². The van der Waals surface area contributed by atoms with Crippen LogP contribution < -0.4 is 0 Å². The van der Waals surface area contributed by atoms with Crippen LogP contribution in [-0.4, -0.2) is 49.6 Å². The van der Waals surface area contributed by atoms with Crippen LogP contribution in [0.3, 0.4) is 0 Å². The van der Waals surface area contributed by atoms with E-state index in [4.69, 9.17) is 14.2 Å². The first-order valence-electron chi connectivity index (χ1n) is 9.42. The van der Waals surface area contributed by atoms with Gasteiger partial charge in [0.15, 0.2) is 6.29 Å². The largest absolute Gasteiger partial charge is 0.463 e. The number of nitrogens with zero attached hydrogens (tertiary/aromatic N) is 1. The van der Waals surface area contributed by atoms with Crippen LogP contribution in [0.25, 0.3) is 0 Å². The molecule has 0 aromatic carbocycles. The quantitative estimate of drug-likeness (QED) is 0.655. The van der Waals surface area contributed by atoms with E-state index in [1.165, 1.54) is 0 Å². The molecule has 0 aliphatic carbocycles. The summed E-state index contributed by atoms with van der Waals surface area (Å²) < 4.78 is 17.1. The highest BCUT2D eigenvalue weighted by molar-refractivity contribution is 5.90. The van der Waals surface area contributed by atoms with Crippen molar-refractivity contribution in [2.24, 2.45) is 5.41 Å². The van der Waals surface area contributed by atoms with E-state index in [0.29, 0.717) is 31.8 Å². The third-order valence-corrected chi connectivity index (χ3v) is 4.53. The van der Waals surface area contributed by atoms with Gasteiger partial charge in [-0.1, -0.05) is 27.2 Å². The van der Waals surface area contributed by atoms with Crippen LogP contribution in [0.15, 0.2) is 23.4 Å². The lowest BCUT2D eigenvalue weighted by Gasteiger charge is -2.40. The summed E-state index contributed by atoms with van der Waals surface area (Å²) in [4.78, 5) is 14.7. The first-order valence-corrected chi connectivity index (χ1v) is 9.42. The number of esters is 1. The average molecular weight is 351 g/mol. The Morgan fingerprint density at radius 1 is 1.32 bits per heavy atom. The number of carbonyl (C=O) groups is 1. The van der Waals surface area contributed by atoms with Crippen molar-refractivity contribution in [3.8, 4) is 0 Å². The zero-order chi connectivity index (χ0) is 18.4. The molecule has 0 aromatic heterocycles. The first-order chi connectivity index (χ1) is 11.9. The molecule has 0 N–H and O–H groups in total. The van der Waals surface area contributed by atoms with E-state index in [-0.39, 0.29) is 23.7 Å². The van der Waals surface area contributed by atoms with Gasteiger partial charge in [-0.3, -0.25) is 0 Å². The predicted molar refractivity (Wildman–Crippen MR) is 98.0 cm³/mol. The van der Waals surface area contributed by atoms with E-state index in [9.17, 15) is 4.79 Å². The second-order valence-electron chi connectivity index (χ2n) is 7.75. The van der Waals surface area contributed by atoms with Crippen molar-refractivity contribution >= 4 is 5.97 Å². The van der Waals surface area contributed by atoms with Gasteiger partial charge in [-0.25, -0.2) is 4.79 Å². The predicted octanol–water partition coefficient (Wildman–Crippen LogP) is 3.65. The van der Waals surface area contributed by atoms with Crippen molar-refractivity contribution in [3.63, 3.8) is 0 Å². The SMILES string of the molecule is CCCCN1C=C(C)C=C(C(=O)OCC)C1CC1OCC(C)(C)CO1. The Bertz CT molecular complexity index is 514. The summed E-state index contributed by atoms with van der Waals surface area (Å²) in [5.41, 5.74) is 1.82. The molecule has 0 spiro atoms. The smallest absolute Gasteiger partial charge is 0.336 e. The van der Waals surface area contributed by atoms with E-state index in [0.717, 1.165) is 25.0 Å². The van der Waals surface area contributed by atoms with E-state index >= 15 is 0 Å². The van der Waals surface area contributed by atoms with E-state index in [2.05, 4.69) is 31.9 Å². The maximum Gasteiger partial charge on any atom is 0.336 e. The van der Waals surface area contributed by atoms with Crippen LogP contribution in [0.5, 0.6) is 0 Å². The monoisotopic (exact) mass is 351 g/mol.